The number of piperazine rings is 1. The van der Waals surface area contributed by atoms with Crippen LogP contribution in [0.1, 0.15) is 42.3 Å². The third-order valence-electron chi connectivity index (χ3n) is 9.18. The Kier molecular flexibility index (Phi) is 11.2. The number of aromatic nitrogens is 4. The third-order valence-corrected chi connectivity index (χ3v) is 9.68. The summed E-state index contributed by atoms with van der Waals surface area (Å²) in [6, 6.07) is 25.7. The number of amides is 2. The van der Waals surface area contributed by atoms with E-state index in [1.54, 1.807) is 13.0 Å². The third kappa shape index (κ3) is 7.39. The highest BCUT2D eigenvalue weighted by molar-refractivity contribution is 6.36. The fourth-order valence-electron chi connectivity index (χ4n) is 6.48. The number of primary amides is 1. The van der Waals surface area contributed by atoms with E-state index >= 15 is 0 Å². The Morgan fingerprint density at radius 2 is 1.64 bits per heavy atom. The van der Waals surface area contributed by atoms with Crippen LogP contribution >= 0.6 is 23.2 Å². The topological polar surface area (TPSA) is 173 Å². The van der Waals surface area contributed by atoms with E-state index in [1.807, 2.05) is 82.3 Å². The summed E-state index contributed by atoms with van der Waals surface area (Å²) >= 11 is 13.1. The van der Waals surface area contributed by atoms with Crippen LogP contribution in [0.2, 0.25) is 5.02 Å². The van der Waals surface area contributed by atoms with Crippen LogP contribution in [0.15, 0.2) is 79.0 Å². The number of halogens is 2. The van der Waals surface area contributed by atoms with Gasteiger partial charge in [-0.25, -0.2) is 14.7 Å². The van der Waals surface area contributed by atoms with Gasteiger partial charge < -0.3 is 20.3 Å². The maximum atomic E-state index is 14.0. The van der Waals surface area contributed by atoms with Gasteiger partial charge in [-0.2, -0.15) is 20.0 Å². The van der Waals surface area contributed by atoms with Gasteiger partial charge in [0, 0.05) is 32.7 Å². The highest BCUT2D eigenvalue weighted by Gasteiger charge is 2.33. The lowest BCUT2D eigenvalue weighted by atomic mass is 9.97. The second-order valence-electron chi connectivity index (χ2n) is 12.1. The Labute approximate surface area is 316 Å². The Hall–Kier alpha value is -5.93. The first kappa shape index (κ1) is 36.8. The highest BCUT2D eigenvalue weighted by atomic mass is 35.5. The minimum Gasteiger partial charge on any atom is -0.432 e. The average Bonchev–Trinajstić information content (AvgIpc) is 3.61. The molecule has 53 heavy (non-hydrogen) atoms. The number of fused-ring (bicyclic) bond motifs is 1. The molecule has 0 spiro atoms. The molecule has 1 fully saturated rings. The van der Waals surface area contributed by atoms with E-state index in [-0.39, 0.29) is 39.6 Å². The standard InChI is InChI=1S/C37H35Cl2N11O3/c1-3-48(32(26-10-6-4-7-11-26)27-12-8-5-9-13-27)35-34-43-22-28(21-41)50(34)45-36(44-35)49(37(52)53-23-38)30-19-25(20-40)18-29(31(30)39)47-16-14-46(15-17-47)24(2)33(42)51/h4-13,18-19,22,24,32H,3,14-17,23H2,1-2H3,(H2,42,51)/t24-/m0/s1. The van der Waals surface area contributed by atoms with Gasteiger partial charge in [-0.05, 0) is 37.1 Å². The molecular weight excluding hydrogens is 717 g/mol. The van der Waals surface area contributed by atoms with Gasteiger partial charge in [0.2, 0.25) is 5.91 Å². The van der Waals surface area contributed by atoms with Crippen LogP contribution < -0.4 is 20.4 Å². The summed E-state index contributed by atoms with van der Waals surface area (Å²) in [6.45, 7) is 6.06. The van der Waals surface area contributed by atoms with Gasteiger partial charge in [0.05, 0.1) is 46.3 Å². The van der Waals surface area contributed by atoms with Crippen molar-refractivity contribution in [2.75, 3.05) is 53.5 Å². The predicted molar refractivity (Wildman–Crippen MR) is 201 cm³/mol. The summed E-state index contributed by atoms with van der Waals surface area (Å²) in [6.07, 6.45) is 0.407. The van der Waals surface area contributed by atoms with Crippen molar-refractivity contribution in [2.24, 2.45) is 5.73 Å². The molecule has 16 heteroatoms. The number of imidazole rings is 1. The molecule has 5 aromatic rings. The van der Waals surface area contributed by atoms with E-state index in [0.717, 1.165) is 16.0 Å². The number of carbonyl (C=O) groups is 2. The maximum absolute atomic E-state index is 14.0. The number of alkyl halides is 1. The zero-order valence-corrected chi connectivity index (χ0v) is 30.4. The number of carbonyl (C=O) groups excluding carboxylic acids is 2. The van der Waals surface area contributed by atoms with E-state index < -0.39 is 24.1 Å². The quantitative estimate of drug-likeness (QED) is 0.166. The van der Waals surface area contributed by atoms with Crippen LogP contribution in [0.25, 0.3) is 5.65 Å². The first-order chi connectivity index (χ1) is 25.7. The fourth-order valence-corrected chi connectivity index (χ4v) is 6.88. The smallest absolute Gasteiger partial charge is 0.422 e. The molecule has 3 heterocycles. The number of hydrogen-bond donors (Lipinski definition) is 1. The van der Waals surface area contributed by atoms with E-state index in [0.29, 0.717) is 44.2 Å². The predicted octanol–water partition coefficient (Wildman–Crippen LogP) is 5.60. The number of nitrogens with zero attached hydrogens (tertiary/aromatic N) is 10. The summed E-state index contributed by atoms with van der Waals surface area (Å²) in [5.74, 6) is -0.320. The largest absolute Gasteiger partial charge is 0.432 e. The van der Waals surface area contributed by atoms with Gasteiger partial charge in [0.1, 0.15) is 6.07 Å². The lowest BCUT2D eigenvalue weighted by Gasteiger charge is -2.38. The minimum absolute atomic E-state index is 0.0541. The van der Waals surface area contributed by atoms with Gasteiger partial charge in [-0.15, -0.1) is 5.10 Å². The maximum Gasteiger partial charge on any atom is 0.422 e. The molecule has 0 aliphatic carbocycles. The first-order valence-electron chi connectivity index (χ1n) is 16.8. The van der Waals surface area contributed by atoms with Crippen molar-refractivity contribution in [3.63, 3.8) is 0 Å². The van der Waals surface area contributed by atoms with Crippen LogP contribution in [-0.4, -0.2) is 81.3 Å². The van der Waals surface area contributed by atoms with Crippen LogP contribution in [0.3, 0.4) is 0 Å². The molecule has 270 valence electrons. The molecular formula is C37H35Cl2N11O3. The number of ether oxygens (including phenoxy) is 1. The molecule has 1 aliphatic rings. The molecule has 1 saturated heterocycles. The van der Waals surface area contributed by atoms with Crippen molar-refractivity contribution >= 4 is 64.0 Å². The zero-order chi connectivity index (χ0) is 37.6. The first-order valence-corrected chi connectivity index (χ1v) is 17.7. The SMILES string of the molecule is CCN(c1nc(N(C(=O)OCCl)c2cc(C#N)cc(N3CCN([C@@H](C)C(N)=O)CC3)c2Cl)nn2c(C#N)cnc12)C(c1ccccc1)c1ccccc1. The van der Waals surface area contributed by atoms with Crippen molar-refractivity contribution in [1.29, 1.82) is 10.5 Å². The fraction of sp³-hybridized carbons (Fsp3) is 0.270. The molecule has 1 atom stereocenters. The van der Waals surface area contributed by atoms with Crippen LogP contribution in [0, 0.1) is 22.7 Å². The highest BCUT2D eigenvalue weighted by Crippen LogP contribution is 2.41. The molecule has 6 rings (SSSR count). The lowest BCUT2D eigenvalue weighted by molar-refractivity contribution is -0.122. The summed E-state index contributed by atoms with van der Waals surface area (Å²) in [5.41, 5.74) is 8.55. The Morgan fingerprint density at radius 3 is 2.19 bits per heavy atom. The summed E-state index contributed by atoms with van der Waals surface area (Å²) in [4.78, 5) is 42.3. The van der Waals surface area contributed by atoms with Crippen LogP contribution in [0.5, 0.6) is 0 Å². The van der Waals surface area contributed by atoms with E-state index in [2.05, 4.69) is 22.2 Å². The normalized spacial score (nSPS) is 13.7. The van der Waals surface area contributed by atoms with Crippen LogP contribution in [0.4, 0.5) is 27.9 Å². The number of rotatable bonds is 11. The minimum atomic E-state index is -0.974. The lowest BCUT2D eigenvalue weighted by Crippen LogP contribution is -2.53. The molecule has 2 N–H and O–H groups in total. The number of hydrogen-bond acceptors (Lipinski definition) is 11. The average molecular weight is 753 g/mol. The molecule has 1 aliphatic heterocycles. The molecule has 0 bridgehead atoms. The van der Waals surface area contributed by atoms with Gasteiger partial charge in [0.15, 0.2) is 23.2 Å². The van der Waals surface area contributed by atoms with Crippen molar-refractivity contribution < 1.29 is 14.3 Å². The number of nitriles is 2. The molecule has 2 amide bonds. The monoisotopic (exact) mass is 751 g/mol. The molecule has 0 unspecified atom stereocenters. The van der Waals surface area contributed by atoms with Crippen molar-refractivity contribution in [3.05, 3.63) is 106 Å². The van der Waals surface area contributed by atoms with Gasteiger partial charge in [-0.3, -0.25) is 9.69 Å². The van der Waals surface area contributed by atoms with Crippen molar-refractivity contribution in [3.8, 4) is 12.1 Å². The Balaban J connectivity index is 1.54. The van der Waals surface area contributed by atoms with Crippen molar-refractivity contribution in [1.82, 2.24) is 24.5 Å². The summed E-state index contributed by atoms with van der Waals surface area (Å²) < 4.78 is 6.63. The zero-order valence-electron chi connectivity index (χ0n) is 28.9. The second-order valence-corrected chi connectivity index (χ2v) is 12.7. The Morgan fingerprint density at radius 1 is 1.00 bits per heavy atom. The van der Waals surface area contributed by atoms with Gasteiger partial charge in [-0.1, -0.05) is 83.9 Å². The number of anilines is 4. The van der Waals surface area contributed by atoms with E-state index in [9.17, 15) is 20.1 Å². The Bertz CT molecular complexity index is 2160. The number of nitrogens with two attached hydrogens (primary N) is 1. The van der Waals surface area contributed by atoms with E-state index in [1.165, 1.54) is 16.8 Å². The second kappa shape index (κ2) is 16.2. The summed E-state index contributed by atoms with van der Waals surface area (Å²) in [7, 11) is 0. The molecule has 14 nitrogen and oxygen atoms in total. The van der Waals surface area contributed by atoms with E-state index in [4.69, 9.17) is 38.7 Å². The number of benzene rings is 3. The van der Waals surface area contributed by atoms with Gasteiger partial charge >= 0.3 is 6.09 Å². The molecule has 0 radical (unpaired) electrons. The van der Waals surface area contributed by atoms with Crippen molar-refractivity contribution in [2.45, 2.75) is 25.9 Å². The molecule has 2 aromatic heterocycles. The molecule has 0 saturated carbocycles. The molecule has 3 aromatic carbocycles. The van der Waals surface area contributed by atoms with Gasteiger partial charge in [0.25, 0.3) is 5.95 Å². The van der Waals surface area contributed by atoms with Crippen LogP contribution in [-0.2, 0) is 9.53 Å². The summed E-state index contributed by atoms with van der Waals surface area (Å²) in [5, 5.41) is 25.0.